The molecule has 0 unspecified atom stereocenters. The van der Waals surface area contributed by atoms with Crippen LogP contribution < -0.4 is 4.90 Å². The number of aryl methyl sites for hydroxylation is 2. The Kier molecular flexibility index (Phi) is 7.02. The van der Waals surface area contributed by atoms with E-state index in [0.717, 1.165) is 61.4 Å². The van der Waals surface area contributed by atoms with Gasteiger partial charge in [0.1, 0.15) is 11.6 Å². The largest absolute Gasteiger partial charge is 0.353 e. The molecule has 1 aromatic heterocycles. The second-order valence-corrected chi connectivity index (χ2v) is 9.72. The molecule has 6 heteroatoms. The molecule has 5 nitrogen and oxygen atoms in total. The Hall–Kier alpha value is -2.14. The molecule has 0 radical (unpaired) electrons. The predicted molar refractivity (Wildman–Crippen MR) is 123 cm³/mol. The molecule has 0 atom stereocenters. The zero-order valence-corrected chi connectivity index (χ0v) is 19.6. The lowest BCUT2D eigenvalue weighted by molar-refractivity contribution is -0.133. The van der Waals surface area contributed by atoms with Gasteiger partial charge in [-0.15, -0.1) is 0 Å². The number of amides is 1. The summed E-state index contributed by atoms with van der Waals surface area (Å²) in [6.07, 6.45) is 2.23. The highest BCUT2D eigenvalue weighted by Crippen LogP contribution is 2.27. The fraction of sp³-hybridized carbons (Fsp3) is 0.542. The highest BCUT2D eigenvalue weighted by molar-refractivity contribution is 6.30. The average molecular weight is 429 g/mol. The molecule has 0 saturated carbocycles. The van der Waals surface area contributed by atoms with Crippen molar-refractivity contribution < 1.29 is 4.79 Å². The van der Waals surface area contributed by atoms with Crippen LogP contribution in [0.4, 0.5) is 5.82 Å². The molecule has 1 aliphatic heterocycles. The summed E-state index contributed by atoms with van der Waals surface area (Å²) >= 11 is 6.06. The van der Waals surface area contributed by atoms with Gasteiger partial charge in [0.15, 0.2) is 0 Å². The summed E-state index contributed by atoms with van der Waals surface area (Å²) in [5.41, 5.74) is 3.49. The van der Waals surface area contributed by atoms with Crippen molar-refractivity contribution in [1.29, 1.82) is 0 Å². The van der Waals surface area contributed by atoms with E-state index in [9.17, 15) is 4.79 Å². The second kappa shape index (κ2) is 9.34. The number of hydrogen-bond acceptors (Lipinski definition) is 4. The second-order valence-electron chi connectivity index (χ2n) is 9.28. The minimum absolute atomic E-state index is 0.0137. The van der Waals surface area contributed by atoms with Crippen molar-refractivity contribution in [2.24, 2.45) is 5.41 Å². The van der Waals surface area contributed by atoms with Crippen LogP contribution in [0, 0.1) is 12.3 Å². The summed E-state index contributed by atoms with van der Waals surface area (Å²) in [5, 5.41) is 0.742. The van der Waals surface area contributed by atoms with Crippen LogP contribution >= 0.6 is 11.6 Å². The number of benzene rings is 1. The van der Waals surface area contributed by atoms with Gasteiger partial charge in [0.05, 0.1) is 0 Å². The Morgan fingerprint density at radius 3 is 2.27 bits per heavy atom. The zero-order chi connectivity index (χ0) is 21.9. The van der Waals surface area contributed by atoms with Gasteiger partial charge in [0.25, 0.3) is 0 Å². The monoisotopic (exact) mass is 428 g/mol. The maximum Gasteiger partial charge on any atom is 0.223 e. The van der Waals surface area contributed by atoms with E-state index in [2.05, 4.69) is 44.7 Å². The van der Waals surface area contributed by atoms with E-state index in [0.29, 0.717) is 6.42 Å². The van der Waals surface area contributed by atoms with Crippen LogP contribution in [0.3, 0.4) is 0 Å². The normalized spacial score (nSPS) is 14.9. The van der Waals surface area contributed by atoms with Gasteiger partial charge in [0.2, 0.25) is 5.91 Å². The van der Waals surface area contributed by atoms with Gasteiger partial charge in [-0.3, -0.25) is 4.79 Å². The third kappa shape index (κ3) is 5.72. The maximum atomic E-state index is 12.6. The minimum Gasteiger partial charge on any atom is -0.353 e. The molecule has 0 N–H and O–H groups in total. The number of piperazine rings is 1. The standard InChI is InChI=1S/C24H33ClN4O/c1-6-21-20(15-18-7-9-19(25)10-8-18)23(27-17(2)26-21)29-13-11-28(12-14-29)22(30)16-24(3,4)5/h7-10H,6,11-16H2,1-5H3. The molecule has 162 valence electrons. The molecule has 1 amide bonds. The van der Waals surface area contributed by atoms with Crippen LogP contribution in [0.5, 0.6) is 0 Å². The lowest BCUT2D eigenvalue weighted by atomic mass is 9.91. The number of hydrogen-bond donors (Lipinski definition) is 0. The smallest absolute Gasteiger partial charge is 0.223 e. The molecule has 0 bridgehead atoms. The molecule has 2 heterocycles. The SMILES string of the molecule is CCc1nc(C)nc(N2CCN(C(=O)CC(C)(C)C)CC2)c1Cc1ccc(Cl)cc1. The van der Waals surface area contributed by atoms with Gasteiger partial charge in [-0.05, 0) is 36.5 Å². The molecule has 30 heavy (non-hydrogen) atoms. The Morgan fingerprint density at radius 2 is 1.70 bits per heavy atom. The van der Waals surface area contributed by atoms with Crippen molar-refractivity contribution in [3.63, 3.8) is 0 Å². The Labute approximate surface area is 185 Å². The Morgan fingerprint density at radius 1 is 1.07 bits per heavy atom. The number of nitrogens with zero attached hydrogens (tertiary/aromatic N) is 4. The van der Waals surface area contributed by atoms with E-state index >= 15 is 0 Å². The van der Waals surface area contributed by atoms with Crippen molar-refractivity contribution >= 4 is 23.3 Å². The molecule has 1 fully saturated rings. The van der Waals surface area contributed by atoms with Crippen molar-refractivity contribution in [2.45, 2.75) is 53.9 Å². The summed E-state index contributed by atoms with van der Waals surface area (Å²) < 4.78 is 0. The number of anilines is 1. The van der Waals surface area contributed by atoms with E-state index in [1.165, 1.54) is 11.1 Å². The van der Waals surface area contributed by atoms with Gasteiger partial charge in [0, 0.05) is 55.3 Å². The average Bonchev–Trinajstić information content (AvgIpc) is 2.69. The highest BCUT2D eigenvalue weighted by atomic mass is 35.5. The first-order valence-electron chi connectivity index (χ1n) is 10.8. The zero-order valence-electron chi connectivity index (χ0n) is 18.8. The molecule has 1 aromatic carbocycles. The molecule has 1 saturated heterocycles. The maximum absolute atomic E-state index is 12.6. The predicted octanol–water partition coefficient (Wildman–Crippen LogP) is 4.68. The first kappa shape index (κ1) is 22.5. The molecule has 0 aliphatic carbocycles. The van der Waals surface area contributed by atoms with Crippen LogP contribution in [0.2, 0.25) is 5.02 Å². The molecule has 0 spiro atoms. The van der Waals surface area contributed by atoms with E-state index in [-0.39, 0.29) is 11.3 Å². The fourth-order valence-electron chi connectivity index (χ4n) is 3.91. The Bertz CT molecular complexity index is 881. The summed E-state index contributed by atoms with van der Waals surface area (Å²) in [6, 6.07) is 7.98. The van der Waals surface area contributed by atoms with Crippen LogP contribution in [0.15, 0.2) is 24.3 Å². The summed E-state index contributed by atoms with van der Waals surface area (Å²) in [6.45, 7) is 13.5. The van der Waals surface area contributed by atoms with Crippen molar-refractivity contribution in [1.82, 2.24) is 14.9 Å². The minimum atomic E-state index is 0.0137. The Balaban J connectivity index is 1.81. The van der Waals surface area contributed by atoms with Gasteiger partial charge >= 0.3 is 0 Å². The van der Waals surface area contributed by atoms with E-state index in [1.807, 2.05) is 24.0 Å². The van der Waals surface area contributed by atoms with E-state index < -0.39 is 0 Å². The van der Waals surface area contributed by atoms with Crippen molar-refractivity contribution in [3.05, 3.63) is 51.9 Å². The summed E-state index contributed by atoms with van der Waals surface area (Å²) in [4.78, 5) is 26.5. The van der Waals surface area contributed by atoms with Crippen LogP contribution in [-0.4, -0.2) is 47.0 Å². The molecule has 2 aromatic rings. The molecular formula is C24H33ClN4O. The van der Waals surface area contributed by atoms with Crippen LogP contribution in [0.1, 0.15) is 56.8 Å². The van der Waals surface area contributed by atoms with Gasteiger partial charge in [-0.1, -0.05) is 51.4 Å². The van der Waals surface area contributed by atoms with Gasteiger partial charge in [-0.2, -0.15) is 0 Å². The van der Waals surface area contributed by atoms with Crippen molar-refractivity contribution in [2.75, 3.05) is 31.1 Å². The first-order valence-corrected chi connectivity index (χ1v) is 11.2. The lowest BCUT2D eigenvalue weighted by Gasteiger charge is -2.37. The highest BCUT2D eigenvalue weighted by Gasteiger charge is 2.27. The topological polar surface area (TPSA) is 49.3 Å². The first-order chi connectivity index (χ1) is 14.2. The van der Waals surface area contributed by atoms with Crippen LogP contribution in [-0.2, 0) is 17.6 Å². The molecule has 1 aliphatic rings. The van der Waals surface area contributed by atoms with Gasteiger partial charge < -0.3 is 9.80 Å². The molecular weight excluding hydrogens is 396 g/mol. The number of carbonyl (C=O) groups excluding carboxylic acids is 1. The van der Waals surface area contributed by atoms with E-state index in [1.54, 1.807) is 0 Å². The van der Waals surface area contributed by atoms with Gasteiger partial charge in [-0.25, -0.2) is 9.97 Å². The lowest BCUT2D eigenvalue weighted by Crippen LogP contribution is -2.50. The van der Waals surface area contributed by atoms with Crippen LogP contribution in [0.25, 0.3) is 0 Å². The van der Waals surface area contributed by atoms with Crippen molar-refractivity contribution in [3.8, 4) is 0 Å². The summed E-state index contributed by atoms with van der Waals surface area (Å²) in [5.74, 6) is 2.06. The third-order valence-corrected chi connectivity index (χ3v) is 5.68. The number of aromatic nitrogens is 2. The quantitative estimate of drug-likeness (QED) is 0.693. The number of rotatable bonds is 5. The third-order valence-electron chi connectivity index (χ3n) is 5.43. The fourth-order valence-corrected chi connectivity index (χ4v) is 4.04. The van der Waals surface area contributed by atoms with E-state index in [4.69, 9.17) is 21.6 Å². The molecule has 3 rings (SSSR count). The summed E-state index contributed by atoms with van der Waals surface area (Å²) in [7, 11) is 0. The number of halogens is 1. The number of carbonyl (C=O) groups is 1.